The molecule has 1 rings (SSSR count). The van der Waals surface area contributed by atoms with Crippen LogP contribution in [0.15, 0.2) is 11.6 Å². The van der Waals surface area contributed by atoms with Crippen LogP contribution in [0.2, 0.25) is 0 Å². The van der Waals surface area contributed by atoms with Crippen LogP contribution in [0.3, 0.4) is 0 Å². The molecule has 0 saturated heterocycles. The fourth-order valence-electron chi connectivity index (χ4n) is 0.348. The van der Waals surface area contributed by atoms with Gasteiger partial charge < -0.3 is 0 Å². The van der Waals surface area contributed by atoms with Crippen LogP contribution in [-0.4, -0.2) is 0 Å². The molecular formula is C5H7W-. The summed E-state index contributed by atoms with van der Waals surface area (Å²) in [6.07, 6.45) is 4.65. The van der Waals surface area contributed by atoms with Gasteiger partial charge >= 0.3 is 0 Å². The number of hydrogen-bond acceptors (Lipinski definition) is 0. The van der Waals surface area contributed by atoms with Crippen molar-refractivity contribution in [3.05, 3.63) is 18.6 Å². The smallest absolute Gasteiger partial charge is 0 e. The molecule has 6 heavy (non-hydrogen) atoms. The predicted octanol–water partition coefficient (Wildman–Crippen LogP) is 1.54. The van der Waals surface area contributed by atoms with Gasteiger partial charge in [-0.15, -0.1) is 6.42 Å². The molecule has 0 aromatic carbocycles. The molecule has 0 heterocycles. The zero-order valence-electron chi connectivity index (χ0n) is 3.61. The average molecular weight is 251 g/mol. The van der Waals surface area contributed by atoms with E-state index >= 15 is 0 Å². The minimum absolute atomic E-state index is 0. The number of allylic oxidation sites excluding steroid dienone is 2. The van der Waals surface area contributed by atoms with Gasteiger partial charge in [-0.25, -0.2) is 18.6 Å². The molecule has 0 aliphatic heterocycles. The van der Waals surface area contributed by atoms with Gasteiger partial charge in [-0.2, -0.15) is 0 Å². The van der Waals surface area contributed by atoms with Crippen LogP contribution in [0, 0.1) is 6.92 Å². The van der Waals surface area contributed by atoms with Crippen molar-refractivity contribution >= 4 is 0 Å². The SMILES string of the molecule is [CH2-]C1=CCC1.[W]. The molecule has 0 N–H and O–H groups in total. The van der Waals surface area contributed by atoms with E-state index in [1.54, 1.807) is 0 Å². The summed E-state index contributed by atoms with van der Waals surface area (Å²) >= 11 is 0. The fraction of sp³-hybridized carbons (Fsp3) is 0.400. The third-order valence-electron chi connectivity index (χ3n) is 0.898. The van der Waals surface area contributed by atoms with Gasteiger partial charge in [-0.1, -0.05) is 6.42 Å². The Hall–Kier alpha value is 0.298. The normalized spacial score (nSPS) is 17.0. The maximum absolute atomic E-state index is 3.70. The van der Waals surface area contributed by atoms with Gasteiger partial charge in [0.05, 0.1) is 0 Å². The van der Waals surface area contributed by atoms with Crippen molar-refractivity contribution in [2.45, 2.75) is 12.8 Å². The van der Waals surface area contributed by atoms with Crippen LogP contribution in [0.1, 0.15) is 12.8 Å². The Balaban J connectivity index is 0.000000250. The number of hydrogen-bond donors (Lipinski definition) is 0. The van der Waals surface area contributed by atoms with Gasteiger partial charge in [0.2, 0.25) is 0 Å². The standard InChI is InChI=1S/C5H7.W/c1-5-3-2-4-5;/h3H,1-2,4H2;/q-1;. The van der Waals surface area contributed by atoms with E-state index in [0.717, 1.165) is 0 Å². The second-order valence-corrected chi connectivity index (χ2v) is 1.40. The second kappa shape index (κ2) is 2.47. The van der Waals surface area contributed by atoms with Gasteiger partial charge in [0.1, 0.15) is 0 Å². The molecule has 1 aliphatic carbocycles. The van der Waals surface area contributed by atoms with Gasteiger partial charge in [-0.05, 0) is 0 Å². The van der Waals surface area contributed by atoms with Crippen molar-refractivity contribution in [1.82, 2.24) is 0 Å². The molecule has 1 heteroatoms. The Kier molecular flexibility index (Phi) is 2.59. The minimum Gasteiger partial charge on any atom is -0.242 e. The van der Waals surface area contributed by atoms with E-state index in [4.69, 9.17) is 0 Å². The molecule has 0 aromatic rings. The summed E-state index contributed by atoms with van der Waals surface area (Å²) in [5, 5.41) is 0. The second-order valence-electron chi connectivity index (χ2n) is 1.40. The Morgan fingerprint density at radius 2 is 2.00 bits per heavy atom. The van der Waals surface area contributed by atoms with Crippen LogP contribution in [0.5, 0.6) is 0 Å². The largest absolute Gasteiger partial charge is 0.242 e. The molecule has 0 spiro atoms. The fourth-order valence-corrected chi connectivity index (χ4v) is 0.348. The molecule has 0 unspecified atom stereocenters. The van der Waals surface area contributed by atoms with E-state index < -0.39 is 0 Å². The Morgan fingerprint density at radius 3 is 2.00 bits per heavy atom. The van der Waals surface area contributed by atoms with Crippen molar-refractivity contribution in [1.29, 1.82) is 0 Å². The topological polar surface area (TPSA) is 0 Å². The quantitative estimate of drug-likeness (QED) is 0.573. The van der Waals surface area contributed by atoms with E-state index in [2.05, 4.69) is 13.0 Å². The van der Waals surface area contributed by atoms with Crippen LogP contribution in [-0.2, 0) is 21.1 Å². The summed E-state index contributed by atoms with van der Waals surface area (Å²) in [4.78, 5) is 0. The van der Waals surface area contributed by atoms with Crippen LogP contribution >= 0.6 is 0 Å². The predicted molar refractivity (Wildman–Crippen MR) is 22.7 cm³/mol. The summed E-state index contributed by atoms with van der Waals surface area (Å²) < 4.78 is 0. The maximum atomic E-state index is 3.70. The van der Waals surface area contributed by atoms with E-state index in [9.17, 15) is 0 Å². The average Bonchev–Trinajstić information content (AvgIpc) is 1.30. The summed E-state index contributed by atoms with van der Waals surface area (Å²) in [5.74, 6) is 0. The Bertz CT molecular complexity index is 64.3. The van der Waals surface area contributed by atoms with Crippen molar-refractivity contribution < 1.29 is 21.1 Å². The van der Waals surface area contributed by atoms with Crippen LogP contribution in [0.4, 0.5) is 0 Å². The summed E-state index contributed by atoms with van der Waals surface area (Å²) in [6, 6.07) is 0. The third kappa shape index (κ3) is 1.18. The first-order valence-electron chi connectivity index (χ1n) is 1.90. The maximum Gasteiger partial charge on any atom is 0 e. The molecule has 34 valence electrons. The third-order valence-corrected chi connectivity index (χ3v) is 0.898. The van der Waals surface area contributed by atoms with E-state index in [1.165, 1.54) is 18.4 Å². The van der Waals surface area contributed by atoms with Crippen molar-refractivity contribution in [2.24, 2.45) is 0 Å². The summed E-state index contributed by atoms with van der Waals surface area (Å²) in [7, 11) is 0. The Morgan fingerprint density at radius 1 is 1.67 bits per heavy atom. The van der Waals surface area contributed by atoms with Gasteiger partial charge in [0.25, 0.3) is 0 Å². The van der Waals surface area contributed by atoms with Crippen LogP contribution < -0.4 is 0 Å². The zero-order chi connectivity index (χ0) is 3.70. The molecule has 0 saturated carbocycles. The van der Waals surface area contributed by atoms with Crippen molar-refractivity contribution in [2.75, 3.05) is 0 Å². The van der Waals surface area contributed by atoms with Gasteiger partial charge in [0, 0.05) is 21.1 Å². The first-order chi connectivity index (χ1) is 2.39. The molecule has 0 aromatic heterocycles. The summed E-state index contributed by atoms with van der Waals surface area (Å²) in [6.45, 7) is 3.70. The molecule has 0 radical (unpaired) electrons. The monoisotopic (exact) mass is 251 g/mol. The minimum atomic E-state index is 0. The van der Waals surface area contributed by atoms with Crippen molar-refractivity contribution in [3.63, 3.8) is 0 Å². The van der Waals surface area contributed by atoms with Gasteiger partial charge in [-0.3, -0.25) is 0 Å². The molecule has 0 fully saturated rings. The van der Waals surface area contributed by atoms with E-state index in [-0.39, 0.29) is 21.1 Å². The van der Waals surface area contributed by atoms with E-state index in [0.29, 0.717) is 0 Å². The Labute approximate surface area is 52.9 Å². The van der Waals surface area contributed by atoms with Gasteiger partial charge in [0.15, 0.2) is 0 Å². The molecule has 0 nitrogen and oxygen atoms in total. The first kappa shape index (κ1) is 6.30. The van der Waals surface area contributed by atoms with Crippen molar-refractivity contribution in [3.8, 4) is 0 Å². The van der Waals surface area contributed by atoms with Crippen LogP contribution in [0.25, 0.3) is 0 Å². The van der Waals surface area contributed by atoms with E-state index in [1.807, 2.05) is 0 Å². The zero-order valence-corrected chi connectivity index (χ0v) is 6.54. The molecular weight excluding hydrogens is 244 g/mol. The first-order valence-corrected chi connectivity index (χ1v) is 1.90. The molecule has 0 amide bonds. The molecule has 1 aliphatic rings. The molecule has 0 bridgehead atoms. The number of rotatable bonds is 0. The summed E-state index contributed by atoms with van der Waals surface area (Å²) in [5.41, 5.74) is 1.31. The molecule has 0 atom stereocenters.